The van der Waals surface area contributed by atoms with E-state index in [4.69, 9.17) is 15.2 Å². The van der Waals surface area contributed by atoms with Gasteiger partial charge in [-0.05, 0) is 44.5 Å². The zero-order chi connectivity index (χ0) is 15.6. The van der Waals surface area contributed by atoms with Crippen LogP contribution in [0.25, 0.3) is 10.9 Å². The lowest BCUT2D eigenvalue weighted by molar-refractivity contribution is 0.0544. The SMILES string of the molecule is CC(C)(C)OC(=O)n1ccc2cc(COC(N)=O)ccc21. The summed E-state index contributed by atoms with van der Waals surface area (Å²) in [6.45, 7) is 5.55. The van der Waals surface area contributed by atoms with Crippen molar-refractivity contribution in [3.63, 3.8) is 0 Å². The van der Waals surface area contributed by atoms with Gasteiger partial charge in [0, 0.05) is 11.6 Å². The summed E-state index contributed by atoms with van der Waals surface area (Å²) in [5.41, 5.74) is 5.90. The number of hydrogen-bond donors (Lipinski definition) is 1. The molecule has 0 unspecified atom stereocenters. The molecule has 1 aromatic carbocycles. The van der Waals surface area contributed by atoms with E-state index in [9.17, 15) is 9.59 Å². The summed E-state index contributed by atoms with van der Waals surface area (Å²) < 4.78 is 11.5. The summed E-state index contributed by atoms with van der Waals surface area (Å²) >= 11 is 0. The molecule has 0 aliphatic rings. The predicted octanol–water partition coefficient (Wildman–Crippen LogP) is 3.02. The Morgan fingerprint density at radius 2 is 1.95 bits per heavy atom. The third-order valence-electron chi connectivity index (χ3n) is 2.73. The Morgan fingerprint density at radius 3 is 2.57 bits per heavy atom. The second-order valence-corrected chi connectivity index (χ2v) is 5.67. The van der Waals surface area contributed by atoms with Crippen LogP contribution < -0.4 is 5.73 Å². The molecule has 2 N–H and O–H groups in total. The smallest absolute Gasteiger partial charge is 0.418 e. The Labute approximate surface area is 122 Å². The largest absolute Gasteiger partial charge is 0.445 e. The van der Waals surface area contributed by atoms with Crippen molar-refractivity contribution in [3.05, 3.63) is 36.0 Å². The van der Waals surface area contributed by atoms with Crippen LogP contribution in [0.3, 0.4) is 0 Å². The number of nitrogens with two attached hydrogens (primary N) is 1. The molecule has 1 aromatic heterocycles. The molecule has 0 saturated carbocycles. The number of ether oxygens (including phenoxy) is 2. The number of nitrogens with zero attached hydrogens (tertiary/aromatic N) is 1. The van der Waals surface area contributed by atoms with E-state index in [0.29, 0.717) is 0 Å². The van der Waals surface area contributed by atoms with Crippen molar-refractivity contribution in [1.29, 1.82) is 0 Å². The normalized spacial score (nSPS) is 11.4. The third-order valence-corrected chi connectivity index (χ3v) is 2.73. The second-order valence-electron chi connectivity index (χ2n) is 5.67. The Bertz CT molecular complexity index is 683. The lowest BCUT2D eigenvalue weighted by Crippen LogP contribution is -2.26. The minimum atomic E-state index is -0.818. The maximum Gasteiger partial charge on any atom is 0.418 e. The van der Waals surface area contributed by atoms with E-state index in [-0.39, 0.29) is 6.61 Å². The number of hydrogen-bond acceptors (Lipinski definition) is 4. The fraction of sp³-hybridized carbons (Fsp3) is 0.333. The van der Waals surface area contributed by atoms with Gasteiger partial charge in [-0.25, -0.2) is 9.59 Å². The molecule has 0 aliphatic heterocycles. The molecule has 0 atom stereocenters. The first kappa shape index (κ1) is 14.9. The van der Waals surface area contributed by atoms with Crippen LogP contribution in [0.1, 0.15) is 26.3 Å². The summed E-state index contributed by atoms with van der Waals surface area (Å²) in [5.74, 6) is 0. The zero-order valence-electron chi connectivity index (χ0n) is 12.3. The summed E-state index contributed by atoms with van der Waals surface area (Å²) in [6, 6.07) is 7.18. The van der Waals surface area contributed by atoms with Gasteiger partial charge in [0.05, 0.1) is 5.52 Å². The summed E-state index contributed by atoms with van der Waals surface area (Å²) in [7, 11) is 0. The Kier molecular flexibility index (Phi) is 3.88. The first-order valence-corrected chi connectivity index (χ1v) is 6.52. The van der Waals surface area contributed by atoms with E-state index in [1.807, 2.05) is 26.8 Å². The highest BCUT2D eigenvalue weighted by molar-refractivity contribution is 5.89. The number of benzene rings is 1. The van der Waals surface area contributed by atoms with Gasteiger partial charge in [-0.3, -0.25) is 4.57 Å². The molecule has 112 valence electrons. The molecular formula is C15H18N2O4. The van der Waals surface area contributed by atoms with Crippen LogP contribution in [-0.4, -0.2) is 22.4 Å². The molecule has 1 amide bonds. The highest BCUT2D eigenvalue weighted by atomic mass is 16.6. The van der Waals surface area contributed by atoms with E-state index in [1.54, 1.807) is 24.4 Å². The van der Waals surface area contributed by atoms with Crippen LogP contribution in [0.5, 0.6) is 0 Å². The van der Waals surface area contributed by atoms with Crippen molar-refractivity contribution in [2.45, 2.75) is 33.0 Å². The number of carbonyl (C=O) groups excluding carboxylic acids is 2. The van der Waals surface area contributed by atoms with Gasteiger partial charge in [-0.2, -0.15) is 0 Å². The van der Waals surface area contributed by atoms with Gasteiger partial charge in [-0.15, -0.1) is 0 Å². The van der Waals surface area contributed by atoms with E-state index in [1.165, 1.54) is 4.57 Å². The van der Waals surface area contributed by atoms with Gasteiger partial charge >= 0.3 is 12.2 Å². The highest BCUT2D eigenvalue weighted by Gasteiger charge is 2.18. The highest BCUT2D eigenvalue weighted by Crippen LogP contribution is 2.20. The van der Waals surface area contributed by atoms with Gasteiger partial charge in [0.2, 0.25) is 0 Å². The number of carbonyl (C=O) groups is 2. The maximum absolute atomic E-state index is 12.1. The molecule has 21 heavy (non-hydrogen) atoms. The molecule has 0 bridgehead atoms. The number of aromatic nitrogens is 1. The van der Waals surface area contributed by atoms with Crippen molar-refractivity contribution >= 4 is 23.1 Å². The third kappa shape index (κ3) is 3.75. The fourth-order valence-corrected chi connectivity index (χ4v) is 1.91. The average molecular weight is 290 g/mol. The van der Waals surface area contributed by atoms with E-state index >= 15 is 0 Å². The molecule has 0 aliphatic carbocycles. The Balaban J connectivity index is 2.25. The lowest BCUT2D eigenvalue weighted by atomic mass is 10.2. The van der Waals surface area contributed by atoms with Crippen LogP contribution >= 0.6 is 0 Å². The molecule has 0 spiro atoms. The first-order chi connectivity index (χ1) is 9.76. The second kappa shape index (κ2) is 5.47. The van der Waals surface area contributed by atoms with Crippen molar-refractivity contribution < 1.29 is 19.1 Å². The van der Waals surface area contributed by atoms with Gasteiger partial charge < -0.3 is 15.2 Å². The summed E-state index contributed by atoms with van der Waals surface area (Å²) in [5, 5.41) is 0.853. The molecule has 6 nitrogen and oxygen atoms in total. The van der Waals surface area contributed by atoms with Crippen LogP contribution in [-0.2, 0) is 16.1 Å². The molecule has 0 fully saturated rings. The molecule has 2 aromatic rings. The average Bonchev–Trinajstić information content (AvgIpc) is 2.77. The Hall–Kier alpha value is -2.50. The summed E-state index contributed by atoms with van der Waals surface area (Å²) in [6.07, 6.45) is 0.400. The van der Waals surface area contributed by atoms with Crippen LogP contribution in [0.2, 0.25) is 0 Å². The molecule has 6 heteroatoms. The van der Waals surface area contributed by atoms with E-state index < -0.39 is 17.8 Å². The zero-order valence-corrected chi connectivity index (χ0v) is 12.3. The van der Waals surface area contributed by atoms with Crippen LogP contribution in [0.4, 0.5) is 9.59 Å². The lowest BCUT2D eigenvalue weighted by Gasteiger charge is -2.19. The molecule has 0 radical (unpaired) electrons. The van der Waals surface area contributed by atoms with Gasteiger partial charge in [0.25, 0.3) is 0 Å². The number of primary amides is 1. The van der Waals surface area contributed by atoms with Crippen molar-refractivity contribution in [3.8, 4) is 0 Å². The van der Waals surface area contributed by atoms with Gasteiger partial charge in [0.15, 0.2) is 0 Å². The first-order valence-electron chi connectivity index (χ1n) is 6.52. The Morgan fingerprint density at radius 1 is 1.24 bits per heavy atom. The standard InChI is InChI=1S/C15H18N2O4/c1-15(2,3)21-14(19)17-7-6-11-8-10(4-5-12(11)17)9-20-13(16)18/h4-8H,9H2,1-3H3,(H2,16,18). The van der Waals surface area contributed by atoms with Crippen molar-refractivity contribution in [1.82, 2.24) is 4.57 Å². The van der Waals surface area contributed by atoms with Gasteiger partial charge in [-0.1, -0.05) is 6.07 Å². The minimum Gasteiger partial charge on any atom is -0.445 e. The van der Waals surface area contributed by atoms with Crippen LogP contribution in [0, 0.1) is 0 Å². The van der Waals surface area contributed by atoms with Crippen molar-refractivity contribution in [2.24, 2.45) is 5.73 Å². The quantitative estimate of drug-likeness (QED) is 0.921. The van der Waals surface area contributed by atoms with Gasteiger partial charge in [0.1, 0.15) is 12.2 Å². The minimum absolute atomic E-state index is 0.100. The number of rotatable bonds is 2. The molecule has 2 rings (SSSR count). The fourth-order valence-electron chi connectivity index (χ4n) is 1.91. The monoisotopic (exact) mass is 290 g/mol. The van der Waals surface area contributed by atoms with Crippen molar-refractivity contribution in [2.75, 3.05) is 0 Å². The van der Waals surface area contributed by atoms with E-state index in [2.05, 4.69) is 0 Å². The molecular weight excluding hydrogens is 272 g/mol. The predicted molar refractivity (Wildman–Crippen MR) is 77.9 cm³/mol. The summed E-state index contributed by atoms with van der Waals surface area (Å²) in [4.78, 5) is 22.7. The number of fused-ring (bicyclic) bond motifs is 1. The maximum atomic E-state index is 12.1. The molecule has 0 saturated heterocycles. The van der Waals surface area contributed by atoms with E-state index in [0.717, 1.165) is 16.5 Å². The molecule has 1 heterocycles. The van der Waals surface area contributed by atoms with Crippen LogP contribution in [0.15, 0.2) is 30.5 Å². The topological polar surface area (TPSA) is 83.6 Å². The number of amides is 1.